The summed E-state index contributed by atoms with van der Waals surface area (Å²) in [5.74, 6) is -0.340. The zero-order valence-electron chi connectivity index (χ0n) is 17.6. The van der Waals surface area contributed by atoms with Gasteiger partial charge in [0.2, 0.25) is 0 Å². The molecule has 0 radical (unpaired) electrons. The number of nitrogens with one attached hydrogen (secondary N) is 2. The quantitative estimate of drug-likeness (QED) is 0.567. The summed E-state index contributed by atoms with van der Waals surface area (Å²) in [5, 5.41) is 5.88. The van der Waals surface area contributed by atoms with E-state index >= 15 is 0 Å². The van der Waals surface area contributed by atoms with Gasteiger partial charge in [0.15, 0.2) is 5.54 Å². The van der Waals surface area contributed by atoms with Crippen LogP contribution in [0.5, 0.6) is 5.75 Å². The van der Waals surface area contributed by atoms with Crippen LogP contribution in [0, 0.1) is 0 Å². The van der Waals surface area contributed by atoms with Gasteiger partial charge in [-0.05, 0) is 35.9 Å². The first kappa shape index (κ1) is 21.0. The van der Waals surface area contributed by atoms with Gasteiger partial charge in [-0.2, -0.15) is 0 Å². The van der Waals surface area contributed by atoms with Gasteiger partial charge < -0.3 is 15.0 Å². The smallest absolute Gasteiger partial charge is 0.322 e. The van der Waals surface area contributed by atoms with Gasteiger partial charge in [0.05, 0.1) is 29.9 Å². The zero-order valence-corrected chi connectivity index (χ0v) is 18.3. The minimum absolute atomic E-state index is 0.0509. The molecule has 3 aromatic rings. The number of hydrogen-bond acceptors (Lipinski definition) is 5. The summed E-state index contributed by atoms with van der Waals surface area (Å²) in [7, 11) is 1.53. The van der Waals surface area contributed by atoms with E-state index in [1.54, 1.807) is 18.2 Å². The third-order valence-corrected chi connectivity index (χ3v) is 6.30. The first-order chi connectivity index (χ1) is 15.9. The van der Waals surface area contributed by atoms with E-state index in [0.717, 1.165) is 16.5 Å². The number of amides is 4. The Hall–Kier alpha value is -3.91. The monoisotopic (exact) mass is 462 g/mol. The van der Waals surface area contributed by atoms with Crippen LogP contribution in [0.2, 0.25) is 0 Å². The van der Waals surface area contributed by atoms with Crippen LogP contribution in [-0.4, -0.2) is 46.9 Å². The first-order valence-corrected chi connectivity index (χ1v) is 10.6. The molecule has 2 aromatic carbocycles. The Kier molecular flexibility index (Phi) is 5.02. The lowest BCUT2D eigenvalue weighted by Crippen LogP contribution is -2.55. The molecular formula is C24H19ClN4O4. The third kappa shape index (κ3) is 3.58. The van der Waals surface area contributed by atoms with Gasteiger partial charge in [0, 0.05) is 17.5 Å². The summed E-state index contributed by atoms with van der Waals surface area (Å²) in [5.41, 5.74) is 0.951. The van der Waals surface area contributed by atoms with Gasteiger partial charge in [0.1, 0.15) is 5.75 Å². The molecule has 0 unspecified atom stereocenters. The van der Waals surface area contributed by atoms with E-state index in [4.69, 9.17) is 16.3 Å². The number of carbonyl (C=O) groups is 3. The van der Waals surface area contributed by atoms with Crippen LogP contribution in [0.1, 0.15) is 21.6 Å². The fraction of sp³-hybridized carbons (Fsp3) is 0.167. The number of imide groups is 1. The van der Waals surface area contributed by atoms with Crippen molar-refractivity contribution in [2.75, 3.05) is 13.7 Å². The first-order valence-electron chi connectivity index (χ1n) is 10.2. The highest BCUT2D eigenvalue weighted by Gasteiger charge is 2.51. The summed E-state index contributed by atoms with van der Waals surface area (Å²) >= 11 is 6.66. The number of fused-ring (bicyclic) bond motifs is 2. The summed E-state index contributed by atoms with van der Waals surface area (Å²) < 4.78 is 5.21. The number of methoxy groups -OCH3 is 1. The van der Waals surface area contributed by atoms with Crippen LogP contribution < -0.4 is 15.4 Å². The zero-order chi connectivity index (χ0) is 23.2. The molecule has 3 heterocycles. The molecular weight excluding hydrogens is 444 g/mol. The molecule has 2 aliphatic heterocycles. The fourth-order valence-corrected chi connectivity index (χ4v) is 4.45. The van der Waals surface area contributed by atoms with E-state index in [2.05, 4.69) is 15.6 Å². The van der Waals surface area contributed by atoms with E-state index in [0.29, 0.717) is 17.0 Å². The maximum atomic E-state index is 13.1. The number of urea groups is 1. The van der Waals surface area contributed by atoms with Crippen molar-refractivity contribution < 1.29 is 19.1 Å². The second-order valence-corrected chi connectivity index (χ2v) is 8.33. The van der Waals surface area contributed by atoms with Crippen molar-refractivity contribution in [2.45, 2.75) is 12.1 Å². The van der Waals surface area contributed by atoms with Crippen LogP contribution >= 0.6 is 11.6 Å². The lowest BCUT2D eigenvalue weighted by Gasteiger charge is -2.30. The van der Waals surface area contributed by atoms with Crippen LogP contribution in [0.3, 0.4) is 0 Å². The van der Waals surface area contributed by atoms with Crippen molar-refractivity contribution >= 4 is 46.4 Å². The molecule has 33 heavy (non-hydrogen) atoms. The number of rotatable bonds is 5. The molecule has 1 aromatic heterocycles. The third-order valence-electron chi connectivity index (χ3n) is 5.87. The summed E-state index contributed by atoms with van der Waals surface area (Å²) in [6.07, 6.45) is 1.54. The Morgan fingerprint density at radius 3 is 2.76 bits per heavy atom. The number of pyridine rings is 1. The predicted octanol–water partition coefficient (Wildman–Crippen LogP) is 3.06. The van der Waals surface area contributed by atoms with Crippen LogP contribution in [0.25, 0.3) is 17.0 Å². The Morgan fingerprint density at radius 2 is 2.00 bits per heavy atom. The van der Waals surface area contributed by atoms with Crippen LogP contribution in [0.4, 0.5) is 4.79 Å². The van der Waals surface area contributed by atoms with Gasteiger partial charge in [-0.15, -0.1) is 0 Å². The maximum absolute atomic E-state index is 13.1. The van der Waals surface area contributed by atoms with Crippen molar-refractivity contribution in [1.29, 1.82) is 0 Å². The van der Waals surface area contributed by atoms with Gasteiger partial charge in [-0.3, -0.25) is 14.9 Å². The molecule has 166 valence electrons. The average molecular weight is 463 g/mol. The lowest BCUT2D eigenvalue weighted by molar-refractivity contribution is -0.122. The molecule has 0 bridgehead atoms. The molecule has 1 atom stereocenters. The summed E-state index contributed by atoms with van der Waals surface area (Å²) in [4.78, 5) is 44.1. The Labute approximate surface area is 194 Å². The SMILES string of the molecule is COc1ccc2c(c1)C(=O)N(C[C@@]1(/C(Cl)=C/c3ccc4ccccc4n3)NC(=O)NC1=O)C2. The van der Waals surface area contributed by atoms with Crippen LogP contribution in [-0.2, 0) is 11.3 Å². The number of hydrogen-bond donors (Lipinski definition) is 2. The predicted molar refractivity (Wildman–Crippen MR) is 123 cm³/mol. The minimum atomic E-state index is -1.63. The van der Waals surface area contributed by atoms with E-state index in [9.17, 15) is 14.4 Å². The number of para-hydroxylation sites is 1. The Morgan fingerprint density at radius 1 is 1.18 bits per heavy atom. The molecule has 8 nitrogen and oxygen atoms in total. The minimum Gasteiger partial charge on any atom is -0.497 e. The normalized spacial score (nSPS) is 20.1. The topological polar surface area (TPSA) is 101 Å². The van der Waals surface area contributed by atoms with E-state index in [1.165, 1.54) is 18.1 Å². The lowest BCUT2D eigenvalue weighted by atomic mass is 9.97. The van der Waals surface area contributed by atoms with Gasteiger partial charge in [0.25, 0.3) is 11.8 Å². The van der Waals surface area contributed by atoms with Crippen molar-refractivity contribution in [3.8, 4) is 5.75 Å². The molecule has 4 amide bonds. The molecule has 1 saturated heterocycles. The molecule has 0 aliphatic carbocycles. The van der Waals surface area contributed by atoms with Gasteiger partial charge in [-0.1, -0.05) is 41.9 Å². The fourth-order valence-electron chi connectivity index (χ4n) is 4.14. The molecule has 0 spiro atoms. The Bertz CT molecular complexity index is 1360. The number of benzene rings is 2. The summed E-state index contributed by atoms with van der Waals surface area (Å²) in [6.45, 7) is 0.144. The van der Waals surface area contributed by atoms with Gasteiger partial charge >= 0.3 is 6.03 Å². The van der Waals surface area contributed by atoms with E-state index < -0.39 is 17.5 Å². The number of ether oxygens (including phenoxy) is 1. The largest absolute Gasteiger partial charge is 0.497 e. The number of halogens is 1. The second kappa shape index (κ2) is 7.90. The van der Waals surface area contributed by atoms with Crippen molar-refractivity contribution in [2.24, 2.45) is 0 Å². The van der Waals surface area contributed by atoms with Crippen molar-refractivity contribution in [3.05, 3.63) is 76.5 Å². The van der Waals surface area contributed by atoms with Gasteiger partial charge in [-0.25, -0.2) is 9.78 Å². The van der Waals surface area contributed by atoms with Crippen molar-refractivity contribution in [1.82, 2.24) is 20.5 Å². The molecule has 1 fully saturated rings. The van der Waals surface area contributed by atoms with E-state index in [-0.39, 0.29) is 24.0 Å². The molecule has 0 saturated carbocycles. The molecule has 2 aliphatic rings. The second-order valence-electron chi connectivity index (χ2n) is 7.92. The number of nitrogens with zero attached hydrogens (tertiary/aromatic N) is 2. The summed E-state index contributed by atoms with van der Waals surface area (Å²) in [6, 6.07) is 15.8. The highest BCUT2D eigenvalue weighted by molar-refractivity contribution is 6.36. The molecule has 2 N–H and O–H groups in total. The highest BCUT2D eigenvalue weighted by Crippen LogP contribution is 2.33. The highest BCUT2D eigenvalue weighted by atomic mass is 35.5. The van der Waals surface area contributed by atoms with Crippen molar-refractivity contribution in [3.63, 3.8) is 0 Å². The Balaban J connectivity index is 1.49. The molecule has 9 heteroatoms. The average Bonchev–Trinajstić information content (AvgIpc) is 3.28. The van der Waals surface area contributed by atoms with E-state index in [1.807, 2.05) is 36.4 Å². The van der Waals surface area contributed by atoms with Crippen LogP contribution in [0.15, 0.2) is 59.6 Å². The maximum Gasteiger partial charge on any atom is 0.322 e. The number of aromatic nitrogens is 1. The molecule has 5 rings (SSSR count). The standard InChI is InChI=1S/C24H19ClN4O4/c1-33-17-9-7-15-12-29(21(30)18(15)11-17)13-24(22(31)27-23(32)28-24)20(25)10-16-8-6-14-4-2-3-5-19(14)26-16/h2-11H,12-13H2,1H3,(H2,27,28,31,32)/b20-10-/t24-/m0/s1. The number of carbonyl (C=O) groups excluding carboxylic acids is 3.